The predicted molar refractivity (Wildman–Crippen MR) is 48.8 cm³/mol. The minimum Gasteiger partial charge on any atom is -0.545 e. The number of hydrogen-bond acceptors (Lipinski definition) is 4. The Bertz CT molecular complexity index is 295. The van der Waals surface area contributed by atoms with Crippen molar-refractivity contribution >= 4 is 17.9 Å². The van der Waals surface area contributed by atoms with Crippen LogP contribution in [0.25, 0.3) is 0 Å². The minimum absolute atomic E-state index is 0. The van der Waals surface area contributed by atoms with E-state index in [1.54, 1.807) is 0 Å². The summed E-state index contributed by atoms with van der Waals surface area (Å²) in [6, 6.07) is 0. The van der Waals surface area contributed by atoms with Crippen molar-refractivity contribution in [3.63, 3.8) is 0 Å². The third-order valence-corrected chi connectivity index (χ3v) is 1.02. The quantitative estimate of drug-likeness (QED) is 0.386. The maximum Gasteiger partial charge on any atom is 1.00 e. The van der Waals surface area contributed by atoms with Crippen LogP contribution in [0, 0.1) is 0 Å². The van der Waals surface area contributed by atoms with Crippen LogP contribution in [0.4, 0.5) is 0 Å². The van der Waals surface area contributed by atoms with Crippen LogP contribution in [-0.2, 0) is 14.4 Å². The molecule has 0 heterocycles. The molecule has 0 aromatic rings. The Balaban J connectivity index is -0.000000214. The summed E-state index contributed by atoms with van der Waals surface area (Å²) >= 11 is 0. The van der Waals surface area contributed by atoms with Crippen LogP contribution in [0.5, 0.6) is 0 Å². The molecule has 0 aromatic carbocycles. The largest absolute Gasteiger partial charge is 1.00 e. The van der Waals surface area contributed by atoms with Gasteiger partial charge in [0.2, 0.25) is 0 Å². The molecule has 0 atom stereocenters. The molecule has 0 aliphatic carbocycles. The molecule has 0 aliphatic heterocycles. The molecule has 0 spiro atoms. The fraction of sp³-hybridized carbons (Fsp3) is 0.222. The van der Waals surface area contributed by atoms with Crippen LogP contribution in [0.3, 0.4) is 0 Å². The molecular formula is C9H11NaO6. The van der Waals surface area contributed by atoms with Gasteiger partial charge in [0.25, 0.3) is 0 Å². The summed E-state index contributed by atoms with van der Waals surface area (Å²) in [6.45, 7) is 7.49. The van der Waals surface area contributed by atoms with Gasteiger partial charge in [-0.25, -0.2) is 4.79 Å². The molecule has 0 fully saturated rings. The summed E-state index contributed by atoms with van der Waals surface area (Å²) < 4.78 is 0. The van der Waals surface area contributed by atoms with Crippen molar-refractivity contribution in [2.24, 2.45) is 0 Å². The minimum atomic E-state index is -1.27. The first-order chi connectivity index (χ1) is 6.68. The van der Waals surface area contributed by atoms with E-state index in [1.807, 2.05) is 0 Å². The second-order valence-corrected chi connectivity index (χ2v) is 2.55. The van der Waals surface area contributed by atoms with Crippen LogP contribution in [-0.4, -0.2) is 28.1 Å². The van der Waals surface area contributed by atoms with Gasteiger partial charge in [-0.05, 0) is 12.5 Å². The molecule has 0 amide bonds. The monoisotopic (exact) mass is 238 g/mol. The van der Waals surface area contributed by atoms with Crippen LogP contribution < -0.4 is 34.7 Å². The Morgan fingerprint density at radius 2 is 1.50 bits per heavy atom. The summed E-state index contributed by atoms with van der Waals surface area (Å²) in [4.78, 5) is 29.2. The van der Waals surface area contributed by atoms with E-state index >= 15 is 0 Å². The van der Waals surface area contributed by atoms with E-state index in [-0.39, 0.29) is 40.7 Å². The molecule has 2 N–H and O–H groups in total. The van der Waals surface area contributed by atoms with Gasteiger partial charge in [0.1, 0.15) is 0 Å². The number of carboxylic acid groups (broad SMARTS) is 3. The van der Waals surface area contributed by atoms with Gasteiger partial charge in [-0.3, -0.25) is 4.79 Å². The molecule has 0 saturated carbocycles. The molecule has 0 saturated heterocycles. The summed E-state index contributed by atoms with van der Waals surface area (Å²) in [5, 5.41) is 25.6. The van der Waals surface area contributed by atoms with Crippen LogP contribution in [0.15, 0.2) is 24.3 Å². The van der Waals surface area contributed by atoms with E-state index in [1.165, 1.54) is 6.92 Å². The number of hydrogen-bond donors (Lipinski definition) is 2. The van der Waals surface area contributed by atoms with Gasteiger partial charge in [0, 0.05) is 5.57 Å². The first kappa shape index (κ1) is 20.3. The topological polar surface area (TPSA) is 115 Å². The van der Waals surface area contributed by atoms with Gasteiger partial charge in [-0.15, -0.1) is 0 Å². The second kappa shape index (κ2) is 10.4. The maximum absolute atomic E-state index is 9.87. The Morgan fingerprint density at radius 1 is 1.19 bits per heavy atom. The van der Waals surface area contributed by atoms with Crippen molar-refractivity contribution in [1.82, 2.24) is 0 Å². The molecule has 0 rings (SSSR count). The first-order valence-corrected chi connectivity index (χ1v) is 3.68. The zero-order chi connectivity index (χ0) is 12.6. The summed E-state index contributed by atoms with van der Waals surface area (Å²) in [5.41, 5.74) is -0.238. The molecule has 84 valence electrons. The van der Waals surface area contributed by atoms with Gasteiger partial charge in [-0.2, -0.15) is 0 Å². The van der Waals surface area contributed by atoms with Crippen molar-refractivity contribution in [1.29, 1.82) is 0 Å². The van der Waals surface area contributed by atoms with Gasteiger partial charge < -0.3 is 20.1 Å². The average Bonchev–Trinajstić information content (AvgIpc) is 2.03. The molecule has 6 nitrogen and oxygen atoms in total. The van der Waals surface area contributed by atoms with E-state index in [0.29, 0.717) is 0 Å². The van der Waals surface area contributed by atoms with Crippen LogP contribution in [0.2, 0.25) is 0 Å². The second-order valence-electron chi connectivity index (χ2n) is 2.55. The summed E-state index contributed by atoms with van der Waals surface area (Å²) in [7, 11) is 0. The molecule has 0 aromatic heterocycles. The number of carbonyl (C=O) groups excluding carboxylic acids is 1. The Kier molecular flexibility index (Phi) is 13.2. The van der Waals surface area contributed by atoms with Gasteiger partial charge in [0.15, 0.2) is 0 Å². The standard InChI is InChI=1S/C5H6O4.C4H6O2.Na/c1-3(5(8)9)2-4(6)7;1-3(2)4(5)6;/h1-2H2,(H,6,7)(H,8,9);1H2,2H3,(H,5,6);/q;;+1/p-1. The molecule has 7 heteroatoms. The summed E-state index contributed by atoms with van der Waals surface area (Å²) in [5.74, 6) is -3.63. The zero-order valence-electron chi connectivity index (χ0n) is 9.15. The Morgan fingerprint density at radius 3 is 1.56 bits per heavy atom. The molecule has 0 aliphatic rings. The molecule has 0 radical (unpaired) electrons. The van der Waals surface area contributed by atoms with Crippen molar-refractivity contribution in [3.05, 3.63) is 24.3 Å². The molecule has 0 bridgehead atoms. The van der Waals surface area contributed by atoms with E-state index < -0.39 is 24.3 Å². The number of carbonyl (C=O) groups is 3. The van der Waals surface area contributed by atoms with Crippen molar-refractivity contribution in [3.8, 4) is 0 Å². The normalized spacial score (nSPS) is 7.56. The third kappa shape index (κ3) is 15.4. The van der Waals surface area contributed by atoms with E-state index in [0.717, 1.165) is 0 Å². The molecule has 0 unspecified atom stereocenters. The van der Waals surface area contributed by atoms with Gasteiger partial charge in [-0.1, -0.05) is 13.2 Å². The third-order valence-electron chi connectivity index (χ3n) is 1.02. The SMILES string of the molecule is C=C(C)C(=O)[O-].C=C(CC(=O)O)C(=O)O.[Na+]. The van der Waals surface area contributed by atoms with Gasteiger partial charge in [0.05, 0.1) is 12.4 Å². The predicted octanol–water partition coefficient (Wildman–Crippen LogP) is -3.58. The Hall–Kier alpha value is -1.11. The molecular weight excluding hydrogens is 227 g/mol. The van der Waals surface area contributed by atoms with Gasteiger partial charge >= 0.3 is 41.5 Å². The van der Waals surface area contributed by atoms with Crippen LogP contribution in [0.1, 0.15) is 13.3 Å². The number of rotatable bonds is 4. The first-order valence-electron chi connectivity index (χ1n) is 3.68. The van der Waals surface area contributed by atoms with Crippen LogP contribution >= 0.6 is 0 Å². The smallest absolute Gasteiger partial charge is 0.545 e. The van der Waals surface area contributed by atoms with E-state index in [4.69, 9.17) is 10.2 Å². The number of aliphatic carboxylic acids is 3. The fourth-order valence-electron chi connectivity index (χ4n) is 0.258. The Labute approximate surface area is 115 Å². The zero-order valence-corrected chi connectivity index (χ0v) is 11.1. The number of carboxylic acids is 3. The van der Waals surface area contributed by atoms with E-state index in [9.17, 15) is 19.5 Å². The van der Waals surface area contributed by atoms with Crippen molar-refractivity contribution in [2.45, 2.75) is 13.3 Å². The molecule has 16 heavy (non-hydrogen) atoms. The summed E-state index contributed by atoms with van der Waals surface area (Å²) in [6.07, 6.45) is -0.505. The fourth-order valence-corrected chi connectivity index (χ4v) is 0.258. The maximum atomic E-state index is 9.87. The van der Waals surface area contributed by atoms with E-state index in [2.05, 4.69) is 13.2 Å². The van der Waals surface area contributed by atoms with Crippen molar-refractivity contribution < 1.29 is 59.3 Å². The average molecular weight is 238 g/mol. The van der Waals surface area contributed by atoms with Crippen molar-refractivity contribution in [2.75, 3.05) is 0 Å².